The summed E-state index contributed by atoms with van der Waals surface area (Å²) in [6.45, 7) is 3.73. The van der Waals surface area contributed by atoms with Gasteiger partial charge in [-0.1, -0.05) is 12.1 Å². The number of anilines is 1. The van der Waals surface area contributed by atoms with E-state index < -0.39 is 17.5 Å². The zero-order valence-electron chi connectivity index (χ0n) is 15.2. The Balaban J connectivity index is 1.55. The highest BCUT2D eigenvalue weighted by atomic mass is 19.1. The van der Waals surface area contributed by atoms with Gasteiger partial charge in [0.1, 0.15) is 11.6 Å². The third kappa shape index (κ3) is 3.21. The molecular weight excluding hydrogens is 347 g/mol. The van der Waals surface area contributed by atoms with Crippen LogP contribution in [0.1, 0.15) is 41.7 Å². The highest BCUT2D eigenvalue weighted by molar-refractivity contribution is 6.52. The van der Waals surface area contributed by atoms with Crippen molar-refractivity contribution in [3.05, 3.63) is 59.4 Å². The number of Topliss-reactive ketones (excluding diaryl/α,β-unsaturated/α-hetero) is 1. The van der Waals surface area contributed by atoms with Crippen LogP contribution in [0.15, 0.2) is 42.5 Å². The SMILES string of the molecule is CCOc1ccc([C@@H]2CCCN2CN2C(=O)C(=O)c3cc(F)ccc32)cc1. The summed E-state index contributed by atoms with van der Waals surface area (Å²) in [4.78, 5) is 28.3. The van der Waals surface area contributed by atoms with Crippen LogP contribution in [0.4, 0.5) is 10.1 Å². The molecule has 0 bridgehead atoms. The standard InChI is InChI=1S/C21H21FN2O3/c1-2-27-16-8-5-14(6-9-16)18-4-3-11-23(18)13-24-19-10-7-15(22)12-17(19)20(25)21(24)26/h5-10,12,18H,2-4,11,13H2,1H3/t18-/m0/s1. The van der Waals surface area contributed by atoms with Gasteiger partial charge in [0.05, 0.1) is 24.5 Å². The van der Waals surface area contributed by atoms with Crippen molar-refractivity contribution in [2.24, 2.45) is 0 Å². The summed E-state index contributed by atoms with van der Waals surface area (Å²) in [6.07, 6.45) is 2.00. The Labute approximate surface area is 157 Å². The summed E-state index contributed by atoms with van der Waals surface area (Å²) < 4.78 is 19.0. The molecule has 0 radical (unpaired) electrons. The van der Waals surface area contributed by atoms with Crippen molar-refractivity contribution in [3.8, 4) is 5.75 Å². The molecule has 0 spiro atoms. The number of amides is 1. The first-order chi connectivity index (χ1) is 13.1. The van der Waals surface area contributed by atoms with E-state index in [1.165, 1.54) is 17.0 Å². The molecule has 0 saturated carbocycles. The Morgan fingerprint density at radius 3 is 2.67 bits per heavy atom. The number of halogens is 1. The lowest BCUT2D eigenvalue weighted by atomic mass is 10.0. The number of hydrogen-bond donors (Lipinski definition) is 0. The molecule has 0 aromatic heterocycles. The molecule has 4 rings (SSSR count). The predicted octanol–water partition coefficient (Wildman–Crippen LogP) is 3.55. The van der Waals surface area contributed by atoms with Crippen molar-refractivity contribution >= 4 is 17.4 Å². The number of ether oxygens (including phenoxy) is 1. The predicted molar refractivity (Wildman–Crippen MR) is 99.4 cm³/mol. The van der Waals surface area contributed by atoms with E-state index in [0.717, 1.165) is 36.8 Å². The summed E-state index contributed by atoms with van der Waals surface area (Å²) in [5.41, 5.74) is 1.80. The van der Waals surface area contributed by atoms with Gasteiger partial charge in [-0.2, -0.15) is 0 Å². The second-order valence-electron chi connectivity index (χ2n) is 6.84. The summed E-state index contributed by atoms with van der Waals surface area (Å²) in [5, 5.41) is 0. The van der Waals surface area contributed by atoms with Gasteiger partial charge in [-0.15, -0.1) is 0 Å². The molecule has 2 aromatic carbocycles. The molecule has 2 aromatic rings. The van der Waals surface area contributed by atoms with Crippen molar-refractivity contribution < 1.29 is 18.7 Å². The molecular formula is C21H21FN2O3. The van der Waals surface area contributed by atoms with Crippen LogP contribution in [-0.4, -0.2) is 36.4 Å². The van der Waals surface area contributed by atoms with Gasteiger partial charge < -0.3 is 4.74 Å². The van der Waals surface area contributed by atoms with Gasteiger partial charge in [0, 0.05) is 12.6 Å². The number of carbonyl (C=O) groups excluding carboxylic acids is 2. The second kappa shape index (κ2) is 7.12. The molecule has 2 aliphatic rings. The van der Waals surface area contributed by atoms with Gasteiger partial charge in [-0.25, -0.2) is 4.39 Å². The monoisotopic (exact) mass is 368 g/mol. The summed E-state index contributed by atoms with van der Waals surface area (Å²) in [7, 11) is 0. The molecule has 5 nitrogen and oxygen atoms in total. The zero-order chi connectivity index (χ0) is 19.0. The molecule has 0 unspecified atom stereocenters. The van der Waals surface area contributed by atoms with Gasteiger partial charge in [0.25, 0.3) is 5.78 Å². The number of rotatable bonds is 5. The summed E-state index contributed by atoms with van der Waals surface area (Å²) in [6, 6.07) is 12.1. The largest absolute Gasteiger partial charge is 0.494 e. The van der Waals surface area contributed by atoms with E-state index in [4.69, 9.17) is 4.74 Å². The average Bonchev–Trinajstić information content (AvgIpc) is 3.22. The van der Waals surface area contributed by atoms with E-state index in [0.29, 0.717) is 19.0 Å². The molecule has 1 atom stereocenters. The maximum Gasteiger partial charge on any atom is 0.300 e. The molecule has 27 heavy (non-hydrogen) atoms. The maximum atomic E-state index is 13.5. The third-order valence-electron chi connectivity index (χ3n) is 5.20. The number of likely N-dealkylation sites (tertiary alicyclic amines) is 1. The van der Waals surface area contributed by atoms with Crippen LogP contribution in [0.25, 0.3) is 0 Å². The zero-order valence-corrected chi connectivity index (χ0v) is 15.2. The molecule has 140 valence electrons. The minimum atomic E-state index is -0.638. The highest BCUT2D eigenvalue weighted by Crippen LogP contribution is 2.36. The fraction of sp³-hybridized carbons (Fsp3) is 0.333. The van der Waals surface area contributed by atoms with Gasteiger partial charge >= 0.3 is 5.91 Å². The molecule has 1 saturated heterocycles. The Morgan fingerprint density at radius 1 is 1.15 bits per heavy atom. The fourth-order valence-electron chi connectivity index (χ4n) is 3.92. The topological polar surface area (TPSA) is 49.9 Å². The van der Waals surface area contributed by atoms with E-state index in [2.05, 4.69) is 4.90 Å². The Hall–Kier alpha value is -2.73. The van der Waals surface area contributed by atoms with Crippen LogP contribution in [0.2, 0.25) is 0 Å². The third-order valence-corrected chi connectivity index (χ3v) is 5.20. The van der Waals surface area contributed by atoms with Crippen LogP contribution in [0, 0.1) is 5.82 Å². The van der Waals surface area contributed by atoms with Crippen LogP contribution in [0.3, 0.4) is 0 Å². The van der Waals surface area contributed by atoms with Gasteiger partial charge in [-0.3, -0.25) is 19.4 Å². The number of benzene rings is 2. The molecule has 1 fully saturated rings. The first-order valence-electron chi connectivity index (χ1n) is 9.21. The van der Waals surface area contributed by atoms with Crippen LogP contribution >= 0.6 is 0 Å². The Kier molecular flexibility index (Phi) is 4.66. The van der Waals surface area contributed by atoms with Crippen LogP contribution in [0.5, 0.6) is 5.75 Å². The molecule has 1 amide bonds. The first-order valence-corrected chi connectivity index (χ1v) is 9.21. The van der Waals surface area contributed by atoms with Gasteiger partial charge in [0.2, 0.25) is 0 Å². The van der Waals surface area contributed by atoms with E-state index in [-0.39, 0.29) is 11.6 Å². The molecule has 2 aliphatic heterocycles. The highest BCUT2D eigenvalue weighted by Gasteiger charge is 2.38. The van der Waals surface area contributed by atoms with Crippen molar-refractivity contribution in [1.29, 1.82) is 0 Å². The summed E-state index contributed by atoms with van der Waals surface area (Å²) in [5.74, 6) is -0.901. The Bertz CT molecular complexity index is 881. The molecule has 2 heterocycles. The Morgan fingerprint density at radius 2 is 1.93 bits per heavy atom. The van der Waals surface area contributed by atoms with Gasteiger partial charge in [0.15, 0.2) is 0 Å². The average molecular weight is 368 g/mol. The van der Waals surface area contributed by atoms with E-state index >= 15 is 0 Å². The lowest BCUT2D eigenvalue weighted by molar-refractivity contribution is -0.114. The van der Waals surface area contributed by atoms with Crippen molar-refractivity contribution in [3.63, 3.8) is 0 Å². The smallest absolute Gasteiger partial charge is 0.300 e. The maximum absolute atomic E-state index is 13.5. The van der Waals surface area contributed by atoms with Crippen LogP contribution in [-0.2, 0) is 4.79 Å². The normalized spacial score (nSPS) is 19.6. The van der Waals surface area contributed by atoms with E-state index in [1.807, 2.05) is 31.2 Å². The fourth-order valence-corrected chi connectivity index (χ4v) is 3.92. The summed E-state index contributed by atoms with van der Waals surface area (Å²) >= 11 is 0. The number of nitrogens with zero attached hydrogens (tertiary/aromatic N) is 2. The lowest BCUT2D eigenvalue weighted by Gasteiger charge is -2.29. The minimum absolute atomic E-state index is 0.150. The molecule has 0 aliphatic carbocycles. The second-order valence-corrected chi connectivity index (χ2v) is 6.84. The minimum Gasteiger partial charge on any atom is -0.494 e. The lowest BCUT2D eigenvalue weighted by Crippen LogP contribution is -2.40. The molecule has 0 N–H and O–H groups in total. The van der Waals surface area contributed by atoms with Crippen molar-refractivity contribution in [2.75, 3.05) is 24.7 Å². The van der Waals surface area contributed by atoms with Crippen molar-refractivity contribution in [1.82, 2.24) is 4.90 Å². The number of carbonyl (C=O) groups is 2. The van der Waals surface area contributed by atoms with Gasteiger partial charge in [-0.05, 0) is 55.7 Å². The number of ketones is 1. The molecule has 6 heteroatoms. The van der Waals surface area contributed by atoms with Crippen molar-refractivity contribution in [2.45, 2.75) is 25.8 Å². The number of fused-ring (bicyclic) bond motifs is 1. The number of hydrogen-bond acceptors (Lipinski definition) is 4. The van der Waals surface area contributed by atoms with E-state index in [9.17, 15) is 14.0 Å². The van der Waals surface area contributed by atoms with E-state index in [1.54, 1.807) is 0 Å². The quantitative estimate of drug-likeness (QED) is 0.758. The van der Waals surface area contributed by atoms with Crippen LogP contribution < -0.4 is 9.64 Å². The first kappa shape index (κ1) is 17.7.